The number of hydrogen-bond donors (Lipinski definition) is 2. The molecule has 0 radical (unpaired) electrons. The number of amides is 2. The zero-order valence-corrected chi connectivity index (χ0v) is 18.4. The van der Waals surface area contributed by atoms with Crippen molar-refractivity contribution in [2.24, 2.45) is 11.7 Å². The summed E-state index contributed by atoms with van der Waals surface area (Å²) in [6.45, 7) is -0.230. The first-order valence-electron chi connectivity index (χ1n) is 9.79. The van der Waals surface area contributed by atoms with Gasteiger partial charge in [0.1, 0.15) is 0 Å². The lowest BCUT2D eigenvalue weighted by atomic mass is 9.77. The van der Waals surface area contributed by atoms with E-state index in [2.05, 4.69) is 21.2 Å². The van der Waals surface area contributed by atoms with Gasteiger partial charge in [-0.2, -0.15) is 0 Å². The number of hydrogen-bond acceptors (Lipinski definition) is 4. The Labute approximate surface area is 184 Å². The van der Waals surface area contributed by atoms with Crippen LogP contribution in [-0.4, -0.2) is 25.5 Å². The van der Waals surface area contributed by atoms with Gasteiger partial charge in [0.2, 0.25) is 5.91 Å². The van der Waals surface area contributed by atoms with Crippen LogP contribution in [-0.2, 0) is 9.59 Å². The summed E-state index contributed by atoms with van der Waals surface area (Å²) in [7, 11) is 1.51. The molecule has 0 aromatic heterocycles. The van der Waals surface area contributed by atoms with E-state index in [0.717, 1.165) is 28.4 Å². The van der Waals surface area contributed by atoms with Crippen molar-refractivity contribution in [1.29, 1.82) is 0 Å². The summed E-state index contributed by atoms with van der Waals surface area (Å²) in [5.41, 5.74) is 6.99. The maximum atomic E-state index is 12.6. The maximum Gasteiger partial charge on any atom is 0.255 e. The van der Waals surface area contributed by atoms with Gasteiger partial charge < -0.3 is 20.5 Å². The number of carbonyl (C=O) groups is 2. The first kappa shape index (κ1) is 21.9. The summed E-state index contributed by atoms with van der Waals surface area (Å²) in [4.78, 5) is 23.5. The van der Waals surface area contributed by atoms with E-state index in [4.69, 9.17) is 15.2 Å². The number of rotatable bonds is 9. The van der Waals surface area contributed by atoms with Gasteiger partial charge in [-0.15, -0.1) is 0 Å². The lowest BCUT2D eigenvalue weighted by Gasteiger charge is -2.34. The normalized spacial score (nSPS) is 14.7. The quantitative estimate of drug-likeness (QED) is 0.539. The monoisotopic (exact) mass is 472 g/mol. The molecule has 3 rings (SSSR count). The topological polar surface area (TPSA) is 90.7 Å². The highest BCUT2D eigenvalue weighted by Crippen LogP contribution is 2.38. The van der Waals surface area contributed by atoms with E-state index in [1.54, 1.807) is 24.3 Å². The lowest BCUT2D eigenvalue weighted by Crippen LogP contribution is -2.35. The van der Waals surface area contributed by atoms with Gasteiger partial charge in [0.05, 0.1) is 13.2 Å². The fourth-order valence-electron chi connectivity index (χ4n) is 3.35. The molecule has 1 unspecified atom stereocenters. The van der Waals surface area contributed by atoms with Crippen LogP contribution in [0.5, 0.6) is 11.5 Å². The van der Waals surface area contributed by atoms with Crippen molar-refractivity contribution in [3.05, 3.63) is 64.1 Å². The van der Waals surface area contributed by atoms with Gasteiger partial charge in [-0.05, 0) is 60.2 Å². The molecule has 6 nitrogen and oxygen atoms in total. The number of nitrogens with two attached hydrogens (primary N) is 1. The van der Waals surface area contributed by atoms with E-state index < -0.39 is 5.91 Å². The molecule has 1 saturated carbocycles. The van der Waals surface area contributed by atoms with Crippen LogP contribution in [0, 0.1) is 5.92 Å². The van der Waals surface area contributed by atoms with Gasteiger partial charge in [-0.25, -0.2) is 0 Å². The third kappa shape index (κ3) is 5.86. The predicted molar refractivity (Wildman–Crippen MR) is 119 cm³/mol. The van der Waals surface area contributed by atoms with Crippen molar-refractivity contribution < 1.29 is 19.1 Å². The van der Waals surface area contributed by atoms with Gasteiger partial charge in [-0.1, -0.05) is 40.5 Å². The van der Waals surface area contributed by atoms with E-state index in [9.17, 15) is 9.59 Å². The molecule has 30 heavy (non-hydrogen) atoms. The Morgan fingerprint density at radius 3 is 2.53 bits per heavy atom. The summed E-state index contributed by atoms with van der Waals surface area (Å²) < 4.78 is 11.6. The van der Waals surface area contributed by atoms with E-state index in [0.29, 0.717) is 17.4 Å². The summed E-state index contributed by atoms with van der Waals surface area (Å²) in [5, 5.41) is 3.15. The highest BCUT2D eigenvalue weighted by Gasteiger charge is 2.29. The van der Waals surface area contributed by atoms with Crippen LogP contribution in [0.4, 0.5) is 0 Å². The molecule has 1 atom stereocenters. The molecule has 2 aromatic carbocycles. The first-order valence-corrected chi connectivity index (χ1v) is 10.6. The third-order valence-corrected chi connectivity index (χ3v) is 5.66. The number of halogens is 1. The van der Waals surface area contributed by atoms with E-state index in [-0.39, 0.29) is 18.6 Å². The molecule has 2 aromatic rings. The van der Waals surface area contributed by atoms with Gasteiger partial charge in [0.25, 0.3) is 5.91 Å². The molecule has 0 aliphatic heterocycles. The van der Waals surface area contributed by atoms with E-state index in [1.807, 2.05) is 24.3 Å². The van der Waals surface area contributed by atoms with Gasteiger partial charge in [0, 0.05) is 10.5 Å². The number of nitrogens with one attached hydrogen (secondary N) is 1. The molecule has 2 amide bonds. The standard InChI is InChI=1S/C23H25BrN2O4/c1-29-20-13-15(5-11-19(20)30-14-21(25)27)6-12-22(28)26-23(16-3-2-4-16)17-7-9-18(24)10-8-17/h5-13,16,23H,2-4,14H2,1H3,(H2,25,27)(H,26,28). The molecule has 0 bridgehead atoms. The summed E-state index contributed by atoms with van der Waals surface area (Å²) >= 11 is 3.46. The molecule has 1 aliphatic rings. The van der Waals surface area contributed by atoms with Crippen LogP contribution in [0.1, 0.15) is 36.4 Å². The second kappa shape index (κ2) is 10.3. The van der Waals surface area contributed by atoms with Crippen LogP contribution in [0.25, 0.3) is 6.08 Å². The van der Waals surface area contributed by atoms with Gasteiger partial charge in [0.15, 0.2) is 18.1 Å². The van der Waals surface area contributed by atoms with Crippen LogP contribution in [0.3, 0.4) is 0 Å². The second-order valence-electron chi connectivity index (χ2n) is 7.23. The minimum Gasteiger partial charge on any atom is -0.493 e. The molecule has 3 N–H and O–H groups in total. The lowest BCUT2D eigenvalue weighted by molar-refractivity contribution is -0.120. The molecule has 0 saturated heterocycles. The molecular formula is C23H25BrN2O4. The Morgan fingerprint density at radius 1 is 1.20 bits per heavy atom. The van der Waals surface area contributed by atoms with Crippen LogP contribution < -0.4 is 20.5 Å². The number of methoxy groups -OCH3 is 1. The second-order valence-corrected chi connectivity index (χ2v) is 8.14. The van der Waals surface area contributed by atoms with Gasteiger partial charge >= 0.3 is 0 Å². The molecular weight excluding hydrogens is 448 g/mol. The minimum absolute atomic E-state index is 0.00288. The molecule has 0 heterocycles. The van der Waals surface area contributed by atoms with E-state index in [1.165, 1.54) is 19.6 Å². The van der Waals surface area contributed by atoms with Crippen molar-refractivity contribution >= 4 is 33.8 Å². The zero-order valence-electron chi connectivity index (χ0n) is 16.8. The Balaban J connectivity index is 1.67. The summed E-state index contributed by atoms with van der Waals surface area (Å²) in [6, 6.07) is 13.3. The average Bonchev–Trinajstić information content (AvgIpc) is 2.69. The number of benzene rings is 2. The molecule has 7 heteroatoms. The number of carbonyl (C=O) groups excluding carboxylic acids is 2. The number of ether oxygens (including phenoxy) is 2. The molecule has 0 spiro atoms. The smallest absolute Gasteiger partial charge is 0.255 e. The SMILES string of the molecule is COc1cc(C=CC(=O)NC(c2ccc(Br)cc2)C2CCC2)ccc1OCC(N)=O. The highest BCUT2D eigenvalue weighted by atomic mass is 79.9. The Morgan fingerprint density at radius 2 is 1.93 bits per heavy atom. The Bertz CT molecular complexity index is 923. The fourth-order valence-corrected chi connectivity index (χ4v) is 3.61. The van der Waals surface area contributed by atoms with Crippen LogP contribution in [0.15, 0.2) is 53.0 Å². The van der Waals surface area contributed by atoms with Crippen molar-refractivity contribution in [3.8, 4) is 11.5 Å². The average molecular weight is 473 g/mol. The number of primary amides is 1. The Hall–Kier alpha value is -2.80. The minimum atomic E-state index is -0.565. The predicted octanol–water partition coefficient (Wildman–Crippen LogP) is 3.99. The van der Waals surface area contributed by atoms with Crippen molar-refractivity contribution in [1.82, 2.24) is 5.32 Å². The highest BCUT2D eigenvalue weighted by molar-refractivity contribution is 9.10. The summed E-state index contributed by atoms with van der Waals surface area (Å²) in [5.74, 6) is 0.622. The fraction of sp³-hybridized carbons (Fsp3) is 0.304. The summed E-state index contributed by atoms with van der Waals surface area (Å²) in [6.07, 6.45) is 6.68. The largest absolute Gasteiger partial charge is 0.493 e. The van der Waals surface area contributed by atoms with Crippen LogP contribution in [0.2, 0.25) is 0 Å². The molecule has 1 aliphatic carbocycles. The van der Waals surface area contributed by atoms with E-state index >= 15 is 0 Å². The third-order valence-electron chi connectivity index (χ3n) is 5.13. The van der Waals surface area contributed by atoms with Crippen molar-refractivity contribution in [2.45, 2.75) is 25.3 Å². The molecule has 1 fully saturated rings. The van der Waals surface area contributed by atoms with Crippen molar-refractivity contribution in [3.63, 3.8) is 0 Å². The van der Waals surface area contributed by atoms with Crippen molar-refractivity contribution in [2.75, 3.05) is 13.7 Å². The zero-order chi connectivity index (χ0) is 21.5. The maximum absolute atomic E-state index is 12.6. The molecule has 158 valence electrons. The first-order chi connectivity index (χ1) is 14.5. The van der Waals surface area contributed by atoms with Crippen LogP contribution >= 0.6 is 15.9 Å². The van der Waals surface area contributed by atoms with Gasteiger partial charge in [-0.3, -0.25) is 9.59 Å². The Kier molecular flexibility index (Phi) is 7.52.